The van der Waals surface area contributed by atoms with Crippen molar-refractivity contribution in [3.05, 3.63) is 95.6 Å². The number of alkyl carbamates (subject to hydrolysis) is 1. The summed E-state index contributed by atoms with van der Waals surface area (Å²) in [4.78, 5) is 40.1. The van der Waals surface area contributed by atoms with E-state index < -0.39 is 29.6 Å². The molecule has 2 aliphatic rings. The third-order valence-electron chi connectivity index (χ3n) is 8.31. The summed E-state index contributed by atoms with van der Waals surface area (Å²) in [6.07, 6.45) is 0.781. The molecular weight excluding hydrogens is 518 g/mol. The van der Waals surface area contributed by atoms with Crippen molar-refractivity contribution in [3.63, 3.8) is 0 Å². The van der Waals surface area contributed by atoms with Gasteiger partial charge in [-0.25, -0.2) is 9.59 Å². The van der Waals surface area contributed by atoms with E-state index >= 15 is 0 Å². The Morgan fingerprint density at radius 1 is 0.927 bits per heavy atom. The molecule has 3 N–H and O–H groups in total. The van der Waals surface area contributed by atoms with Gasteiger partial charge in [0.2, 0.25) is 5.91 Å². The van der Waals surface area contributed by atoms with Crippen LogP contribution in [0.4, 0.5) is 4.79 Å². The minimum Gasteiger partial charge on any atom is -0.480 e. The van der Waals surface area contributed by atoms with Crippen LogP contribution in [0, 0.1) is 0 Å². The zero-order chi connectivity index (χ0) is 28.8. The maximum absolute atomic E-state index is 13.3. The molecule has 2 amide bonds. The Bertz CT molecular complexity index is 1340. The molecule has 0 aromatic heterocycles. The molecule has 3 aromatic rings. The summed E-state index contributed by atoms with van der Waals surface area (Å²) in [6, 6.07) is 25.6. The van der Waals surface area contributed by atoms with Crippen LogP contribution in [0.5, 0.6) is 0 Å². The summed E-state index contributed by atoms with van der Waals surface area (Å²) in [5.41, 5.74) is 4.93. The smallest absolute Gasteiger partial charge is 0.407 e. The molecule has 1 heterocycles. The van der Waals surface area contributed by atoms with Crippen LogP contribution in [0.2, 0.25) is 0 Å². The second-order valence-corrected chi connectivity index (χ2v) is 11.0. The van der Waals surface area contributed by atoms with Gasteiger partial charge in [-0.1, -0.05) is 85.8 Å². The first kappa shape index (κ1) is 28.4. The van der Waals surface area contributed by atoms with E-state index in [0.29, 0.717) is 25.9 Å². The SMILES string of the molecule is CC[C@@H](NC(=O)CC1(NC(=O)OCC2c3ccccc3-c3ccccc32)CCN(Cc2ccccc2)CC1)C(=O)O. The maximum atomic E-state index is 13.3. The van der Waals surface area contributed by atoms with Gasteiger partial charge in [-0.3, -0.25) is 9.69 Å². The average molecular weight is 556 g/mol. The molecule has 5 rings (SSSR count). The number of ether oxygens (including phenoxy) is 1. The Morgan fingerprint density at radius 2 is 1.51 bits per heavy atom. The zero-order valence-corrected chi connectivity index (χ0v) is 23.3. The Morgan fingerprint density at radius 3 is 2.10 bits per heavy atom. The van der Waals surface area contributed by atoms with E-state index in [1.165, 1.54) is 5.56 Å². The number of benzene rings is 3. The fourth-order valence-corrected chi connectivity index (χ4v) is 6.07. The van der Waals surface area contributed by atoms with Crippen molar-refractivity contribution in [2.45, 2.75) is 56.7 Å². The number of nitrogens with one attached hydrogen (secondary N) is 2. The van der Waals surface area contributed by atoms with E-state index in [1.807, 2.05) is 42.5 Å². The molecule has 214 valence electrons. The molecular formula is C33H37N3O5. The average Bonchev–Trinajstić information content (AvgIpc) is 3.30. The molecule has 1 aliphatic carbocycles. The standard InChI is InChI=1S/C33H37N3O5/c1-2-29(31(38)39)34-30(37)20-33(16-18-36(19-17-33)21-23-10-4-3-5-11-23)35-32(40)41-22-28-26-14-8-6-12-24(26)25-13-7-9-15-27(25)28/h3-15,28-29H,2,16-22H2,1H3,(H,34,37)(H,35,40)(H,38,39)/t29-/m1/s1. The minimum atomic E-state index is -1.07. The third-order valence-corrected chi connectivity index (χ3v) is 8.31. The van der Waals surface area contributed by atoms with Crippen LogP contribution in [0.3, 0.4) is 0 Å². The Kier molecular flexibility index (Phi) is 8.69. The molecule has 1 fully saturated rings. The highest BCUT2D eigenvalue weighted by molar-refractivity contribution is 5.84. The van der Waals surface area contributed by atoms with Crippen LogP contribution in [0.25, 0.3) is 11.1 Å². The van der Waals surface area contributed by atoms with E-state index in [-0.39, 0.29) is 25.4 Å². The molecule has 8 nitrogen and oxygen atoms in total. The lowest BCUT2D eigenvalue weighted by Crippen LogP contribution is -2.58. The number of fused-ring (bicyclic) bond motifs is 3. The lowest BCUT2D eigenvalue weighted by Gasteiger charge is -2.42. The summed E-state index contributed by atoms with van der Waals surface area (Å²) in [7, 11) is 0. The highest BCUT2D eigenvalue weighted by Crippen LogP contribution is 2.44. The molecule has 1 saturated heterocycles. The van der Waals surface area contributed by atoms with Gasteiger partial charge in [0.1, 0.15) is 12.6 Å². The van der Waals surface area contributed by atoms with Crippen molar-refractivity contribution in [3.8, 4) is 11.1 Å². The van der Waals surface area contributed by atoms with Crippen molar-refractivity contribution in [1.82, 2.24) is 15.5 Å². The number of piperidine rings is 1. The number of carbonyl (C=O) groups is 3. The van der Waals surface area contributed by atoms with Crippen molar-refractivity contribution in [2.24, 2.45) is 0 Å². The van der Waals surface area contributed by atoms with E-state index in [9.17, 15) is 19.5 Å². The van der Waals surface area contributed by atoms with E-state index in [4.69, 9.17) is 4.74 Å². The highest BCUT2D eigenvalue weighted by Gasteiger charge is 2.39. The molecule has 0 unspecified atom stereocenters. The lowest BCUT2D eigenvalue weighted by atomic mass is 9.83. The van der Waals surface area contributed by atoms with Crippen LogP contribution in [-0.4, -0.2) is 59.3 Å². The summed E-state index contributed by atoms with van der Waals surface area (Å²) in [6.45, 7) is 4.04. The fraction of sp³-hybridized carbons (Fsp3) is 0.364. The van der Waals surface area contributed by atoms with Crippen LogP contribution >= 0.6 is 0 Å². The van der Waals surface area contributed by atoms with Crippen molar-refractivity contribution in [2.75, 3.05) is 19.7 Å². The van der Waals surface area contributed by atoms with Gasteiger partial charge in [0.05, 0.1) is 5.54 Å². The first-order chi connectivity index (χ1) is 19.9. The number of carboxylic acids is 1. The number of rotatable bonds is 10. The van der Waals surface area contributed by atoms with Gasteiger partial charge in [-0.05, 0) is 47.1 Å². The number of carboxylic acid groups (broad SMARTS) is 1. The summed E-state index contributed by atoms with van der Waals surface area (Å²) >= 11 is 0. The summed E-state index contributed by atoms with van der Waals surface area (Å²) in [5.74, 6) is -1.53. The van der Waals surface area contributed by atoms with Gasteiger partial charge in [0, 0.05) is 32.0 Å². The van der Waals surface area contributed by atoms with Crippen LogP contribution < -0.4 is 10.6 Å². The molecule has 8 heteroatoms. The number of carbonyl (C=O) groups excluding carboxylic acids is 2. The summed E-state index contributed by atoms with van der Waals surface area (Å²) < 4.78 is 5.82. The number of hydrogen-bond acceptors (Lipinski definition) is 5. The molecule has 41 heavy (non-hydrogen) atoms. The predicted molar refractivity (Wildman–Crippen MR) is 156 cm³/mol. The first-order valence-electron chi connectivity index (χ1n) is 14.3. The number of nitrogens with zero attached hydrogens (tertiary/aromatic N) is 1. The summed E-state index contributed by atoms with van der Waals surface area (Å²) in [5, 5.41) is 15.1. The van der Waals surface area contributed by atoms with Gasteiger partial charge in [-0.2, -0.15) is 0 Å². The number of hydrogen-bond donors (Lipinski definition) is 3. The van der Waals surface area contributed by atoms with Crippen LogP contribution in [0.15, 0.2) is 78.9 Å². The van der Waals surface area contributed by atoms with E-state index in [1.54, 1.807) is 6.92 Å². The fourth-order valence-electron chi connectivity index (χ4n) is 6.07. The predicted octanol–water partition coefficient (Wildman–Crippen LogP) is 4.93. The van der Waals surface area contributed by atoms with E-state index in [0.717, 1.165) is 28.8 Å². The number of likely N-dealkylation sites (tertiary alicyclic amines) is 1. The lowest BCUT2D eigenvalue weighted by molar-refractivity contribution is -0.142. The minimum absolute atomic E-state index is 0.0137. The molecule has 1 atom stereocenters. The van der Waals surface area contributed by atoms with E-state index in [2.05, 4.69) is 51.9 Å². The molecule has 0 bridgehead atoms. The molecule has 3 aromatic carbocycles. The van der Waals surface area contributed by atoms with Crippen molar-refractivity contribution < 1.29 is 24.2 Å². The normalized spacial score (nSPS) is 16.7. The monoisotopic (exact) mass is 555 g/mol. The number of amides is 2. The second-order valence-electron chi connectivity index (χ2n) is 11.0. The molecule has 0 spiro atoms. The Balaban J connectivity index is 1.26. The maximum Gasteiger partial charge on any atom is 0.407 e. The largest absolute Gasteiger partial charge is 0.480 e. The molecule has 0 saturated carbocycles. The Hall–Kier alpha value is -4.17. The van der Waals surface area contributed by atoms with Crippen LogP contribution in [-0.2, 0) is 20.9 Å². The Labute approximate surface area is 240 Å². The second kappa shape index (κ2) is 12.6. The zero-order valence-electron chi connectivity index (χ0n) is 23.3. The molecule has 1 aliphatic heterocycles. The topological polar surface area (TPSA) is 108 Å². The van der Waals surface area contributed by atoms with Gasteiger partial charge in [0.25, 0.3) is 0 Å². The quantitative estimate of drug-likeness (QED) is 0.328. The third kappa shape index (κ3) is 6.60. The van der Waals surface area contributed by atoms with Crippen molar-refractivity contribution >= 4 is 18.0 Å². The number of aliphatic carboxylic acids is 1. The van der Waals surface area contributed by atoms with Crippen molar-refractivity contribution in [1.29, 1.82) is 0 Å². The van der Waals surface area contributed by atoms with Gasteiger partial charge < -0.3 is 20.5 Å². The highest BCUT2D eigenvalue weighted by atomic mass is 16.5. The van der Waals surface area contributed by atoms with Gasteiger partial charge in [0.15, 0.2) is 0 Å². The molecule has 0 radical (unpaired) electrons. The first-order valence-corrected chi connectivity index (χ1v) is 14.3. The van der Waals surface area contributed by atoms with Gasteiger partial charge >= 0.3 is 12.1 Å². The van der Waals surface area contributed by atoms with Crippen LogP contribution in [0.1, 0.15) is 55.2 Å². The van der Waals surface area contributed by atoms with Gasteiger partial charge in [-0.15, -0.1) is 0 Å².